The third-order valence-corrected chi connectivity index (χ3v) is 5.71. The van der Waals surface area contributed by atoms with Gasteiger partial charge in [-0.3, -0.25) is 14.9 Å². The van der Waals surface area contributed by atoms with Crippen molar-refractivity contribution >= 4 is 35.1 Å². The van der Waals surface area contributed by atoms with Crippen LogP contribution in [0.3, 0.4) is 0 Å². The Balaban J connectivity index is 1.54. The lowest BCUT2D eigenvalue weighted by atomic mass is 9.91. The lowest BCUT2D eigenvalue weighted by Gasteiger charge is -2.39. The Morgan fingerprint density at radius 1 is 1.03 bits per heavy atom. The van der Waals surface area contributed by atoms with E-state index in [2.05, 4.69) is 10.2 Å². The maximum absolute atomic E-state index is 12.8. The minimum Gasteiger partial charge on any atom is -0.468 e. The Hall–Kier alpha value is -3.06. The number of methoxy groups -OCH3 is 1. The Kier molecular flexibility index (Phi) is 5.90. The van der Waals surface area contributed by atoms with Crippen molar-refractivity contribution in [3.05, 3.63) is 65.2 Å². The van der Waals surface area contributed by atoms with Crippen LogP contribution in [0.2, 0.25) is 5.02 Å². The molecule has 2 unspecified atom stereocenters. The number of carbonyl (C=O) groups is 2. The average molecular weight is 427 g/mol. The summed E-state index contributed by atoms with van der Waals surface area (Å²) in [5.41, 5.74) is 1.92. The fourth-order valence-electron chi connectivity index (χ4n) is 3.84. The predicted molar refractivity (Wildman–Crippen MR) is 116 cm³/mol. The molecule has 0 aromatic heterocycles. The van der Waals surface area contributed by atoms with Gasteiger partial charge in [-0.2, -0.15) is 0 Å². The molecule has 2 aromatic carbocycles. The first-order chi connectivity index (χ1) is 14.6. The van der Waals surface area contributed by atoms with E-state index in [9.17, 15) is 9.59 Å². The Bertz CT molecular complexity index is 941. The number of hydrogen-bond donors (Lipinski definition) is 1. The number of anilines is 1. The molecule has 1 saturated heterocycles. The number of carbonyl (C=O) groups excluding carboxylic acids is 2. The lowest BCUT2D eigenvalue weighted by Crippen LogP contribution is -2.57. The molecular formula is C22H23ClN4O3. The van der Waals surface area contributed by atoms with Crippen molar-refractivity contribution in [1.82, 2.24) is 10.2 Å². The Labute approximate surface area is 180 Å². The topological polar surface area (TPSA) is 74.2 Å². The molecule has 1 N–H and O–H groups in total. The zero-order chi connectivity index (χ0) is 21.1. The number of halogens is 1. The maximum atomic E-state index is 12.8. The van der Waals surface area contributed by atoms with Crippen LogP contribution in [0.5, 0.6) is 0 Å². The van der Waals surface area contributed by atoms with E-state index in [1.807, 2.05) is 59.5 Å². The van der Waals surface area contributed by atoms with Crippen LogP contribution in [0.15, 0.2) is 59.6 Å². The highest BCUT2D eigenvalue weighted by atomic mass is 35.5. The third kappa shape index (κ3) is 4.11. The van der Waals surface area contributed by atoms with Crippen LogP contribution in [-0.2, 0) is 14.3 Å². The van der Waals surface area contributed by atoms with E-state index in [1.165, 1.54) is 7.11 Å². The van der Waals surface area contributed by atoms with Gasteiger partial charge in [0.2, 0.25) is 11.9 Å². The molecular weight excluding hydrogens is 404 g/mol. The predicted octanol–water partition coefficient (Wildman–Crippen LogP) is 2.48. The van der Waals surface area contributed by atoms with E-state index in [0.717, 1.165) is 24.3 Å². The molecule has 0 radical (unpaired) electrons. The van der Waals surface area contributed by atoms with E-state index in [-0.39, 0.29) is 5.91 Å². The number of aliphatic imine (C=N–C) groups is 1. The molecule has 0 spiro atoms. The molecule has 2 atom stereocenters. The summed E-state index contributed by atoms with van der Waals surface area (Å²) in [5.74, 6) is -1.47. The van der Waals surface area contributed by atoms with Crippen LogP contribution < -0.4 is 10.2 Å². The summed E-state index contributed by atoms with van der Waals surface area (Å²) in [6.07, 6.45) is 0. The zero-order valence-electron chi connectivity index (χ0n) is 16.6. The number of nitrogens with zero attached hydrogens (tertiary/aromatic N) is 3. The number of nitrogens with one attached hydrogen (secondary N) is 1. The van der Waals surface area contributed by atoms with Gasteiger partial charge in [-0.05, 0) is 29.8 Å². The molecule has 0 aliphatic carbocycles. The summed E-state index contributed by atoms with van der Waals surface area (Å²) < 4.78 is 4.87. The van der Waals surface area contributed by atoms with E-state index in [4.69, 9.17) is 21.3 Å². The van der Waals surface area contributed by atoms with E-state index >= 15 is 0 Å². The monoisotopic (exact) mass is 426 g/mol. The molecule has 156 valence electrons. The van der Waals surface area contributed by atoms with Crippen LogP contribution in [0.25, 0.3) is 0 Å². The van der Waals surface area contributed by atoms with E-state index < -0.39 is 17.9 Å². The fraction of sp³-hybridized carbons (Fsp3) is 0.318. The minimum absolute atomic E-state index is 0.388. The number of guanidine groups is 1. The molecule has 2 heterocycles. The van der Waals surface area contributed by atoms with Gasteiger partial charge in [0.1, 0.15) is 6.04 Å². The second-order valence-electron chi connectivity index (χ2n) is 7.25. The van der Waals surface area contributed by atoms with Crippen molar-refractivity contribution in [3.8, 4) is 0 Å². The first kappa shape index (κ1) is 20.2. The van der Waals surface area contributed by atoms with Gasteiger partial charge in [0.25, 0.3) is 0 Å². The molecule has 7 nitrogen and oxygen atoms in total. The highest BCUT2D eigenvalue weighted by Gasteiger charge is 2.41. The SMILES string of the molecule is COC(=O)C1C(=O)NC(N2CCN(c3ccc(Cl)cc3)CC2)=NC1c1ccccc1. The van der Waals surface area contributed by atoms with Crippen molar-refractivity contribution in [1.29, 1.82) is 0 Å². The average Bonchev–Trinajstić information content (AvgIpc) is 2.79. The number of amides is 1. The zero-order valence-corrected chi connectivity index (χ0v) is 17.4. The molecule has 2 aromatic rings. The van der Waals surface area contributed by atoms with Gasteiger partial charge in [0.15, 0.2) is 5.92 Å². The van der Waals surface area contributed by atoms with Crippen LogP contribution in [0, 0.1) is 5.92 Å². The highest BCUT2D eigenvalue weighted by molar-refractivity contribution is 6.30. The van der Waals surface area contributed by atoms with Crippen molar-refractivity contribution in [3.63, 3.8) is 0 Å². The number of esters is 1. The second-order valence-corrected chi connectivity index (χ2v) is 7.69. The normalized spacial score (nSPS) is 21.7. The summed E-state index contributed by atoms with van der Waals surface area (Å²) in [7, 11) is 1.28. The van der Waals surface area contributed by atoms with Crippen LogP contribution in [-0.4, -0.2) is 56.0 Å². The van der Waals surface area contributed by atoms with Gasteiger partial charge >= 0.3 is 5.97 Å². The summed E-state index contributed by atoms with van der Waals surface area (Å²) in [6.45, 7) is 2.97. The summed E-state index contributed by atoms with van der Waals surface area (Å²) in [5, 5.41) is 3.53. The number of ether oxygens (including phenoxy) is 1. The maximum Gasteiger partial charge on any atom is 0.320 e. The molecule has 1 amide bonds. The van der Waals surface area contributed by atoms with Crippen LogP contribution >= 0.6 is 11.6 Å². The van der Waals surface area contributed by atoms with Gasteiger partial charge < -0.3 is 14.5 Å². The quantitative estimate of drug-likeness (QED) is 0.603. The molecule has 0 bridgehead atoms. The molecule has 2 aliphatic rings. The van der Waals surface area contributed by atoms with Gasteiger partial charge in [0.05, 0.1) is 7.11 Å². The molecule has 4 rings (SSSR count). The van der Waals surface area contributed by atoms with E-state index in [0.29, 0.717) is 24.1 Å². The number of hydrogen-bond acceptors (Lipinski definition) is 6. The molecule has 0 saturated carbocycles. The Morgan fingerprint density at radius 2 is 1.67 bits per heavy atom. The van der Waals surface area contributed by atoms with Gasteiger partial charge in [0, 0.05) is 36.9 Å². The van der Waals surface area contributed by atoms with Gasteiger partial charge in [-0.1, -0.05) is 41.9 Å². The first-order valence-electron chi connectivity index (χ1n) is 9.83. The summed E-state index contributed by atoms with van der Waals surface area (Å²) >= 11 is 5.98. The summed E-state index contributed by atoms with van der Waals surface area (Å²) in [4.78, 5) is 34.2. The smallest absolute Gasteiger partial charge is 0.320 e. The third-order valence-electron chi connectivity index (χ3n) is 5.46. The number of benzene rings is 2. The van der Waals surface area contributed by atoms with Crippen LogP contribution in [0.1, 0.15) is 11.6 Å². The first-order valence-corrected chi connectivity index (χ1v) is 10.2. The Morgan fingerprint density at radius 3 is 2.30 bits per heavy atom. The minimum atomic E-state index is -1.00. The largest absolute Gasteiger partial charge is 0.468 e. The van der Waals surface area contributed by atoms with E-state index in [1.54, 1.807) is 0 Å². The molecule has 1 fully saturated rings. The second kappa shape index (κ2) is 8.75. The molecule has 8 heteroatoms. The van der Waals surface area contributed by atoms with Gasteiger partial charge in [-0.15, -0.1) is 0 Å². The lowest BCUT2D eigenvalue weighted by molar-refractivity contribution is -0.151. The van der Waals surface area contributed by atoms with Crippen molar-refractivity contribution in [2.24, 2.45) is 10.9 Å². The highest BCUT2D eigenvalue weighted by Crippen LogP contribution is 2.31. The fourth-order valence-corrected chi connectivity index (χ4v) is 3.97. The molecule has 2 aliphatic heterocycles. The van der Waals surface area contributed by atoms with Crippen molar-refractivity contribution in [2.75, 3.05) is 38.2 Å². The van der Waals surface area contributed by atoms with Gasteiger partial charge in [-0.25, -0.2) is 4.99 Å². The standard InChI is InChI=1S/C22H23ClN4O3/c1-30-21(29)18-19(15-5-3-2-4-6-15)24-22(25-20(18)28)27-13-11-26(12-14-27)17-9-7-16(23)8-10-17/h2-10,18-19H,11-14H2,1H3,(H,24,25,28). The summed E-state index contributed by atoms with van der Waals surface area (Å²) in [6, 6.07) is 16.5. The van der Waals surface area contributed by atoms with Crippen molar-refractivity contribution < 1.29 is 14.3 Å². The van der Waals surface area contributed by atoms with Crippen LogP contribution in [0.4, 0.5) is 5.69 Å². The number of piperazine rings is 1. The number of rotatable bonds is 3. The van der Waals surface area contributed by atoms with Crippen molar-refractivity contribution in [2.45, 2.75) is 6.04 Å². The molecule has 30 heavy (non-hydrogen) atoms.